The third-order valence-electron chi connectivity index (χ3n) is 1.62. The molecule has 0 unspecified atom stereocenters. The fourth-order valence-corrected chi connectivity index (χ4v) is 1.04. The predicted molar refractivity (Wildman–Crippen MR) is 58.9 cm³/mol. The number of amides is 1. The van der Waals surface area contributed by atoms with Crippen LogP contribution < -0.4 is 5.32 Å². The molecule has 0 spiro atoms. The van der Waals surface area contributed by atoms with Crippen LogP contribution in [0.4, 0.5) is 4.79 Å². The number of terminal acetylenes is 2. The van der Waals surface area contributed by atoms with E-state index in [1.807, 2.05) is 0 Å². The molecular weight excluding hydrogens is 210 g/mol. The highest BCUT2D eigenvalue weighted by Gasteiger charge is 2.27. The molecule has 0 aromatic rings. The molecule has 0 aromatic carbocycles. The summed E-state index contributed by atoms with van der Waals surface area (Å²) < 4.78 is 10.2. The largest absolute Gasteiger partial charge is 0.465 e. The quantitative estimate of drug-likeness (QED) is 0.483. The minimum Gasteiger partial charge on any atom is -0.465 e. The molecule has 0 aliphatic rings. The Morgan fingerprint density at radius 3 is 2.06 bits per heavy atom. The number of rotatable bonds is 7. The summed E-state index contributed by atoms with van der Waals surface area (Å²) in [4.78, 5) is 10.6. The molecule has 0 aliphatic heterocycles. The van der Waals surface area contributed by atoms with Crippen LogP contribution in [0.5, 0.6) is 0 Å². The van der Waals surface area contributed by atoms with Gasteiger partial charge < -0.3 is 19.9 Å². The molecule has 88 valence electrons. The smallest absolute Gasteiger partial charge is 0.405 e. The van der Waals surface area contributed by atoms with Gasteiger partial charge in [-0.1, -0.05) is 11.8 Å². The normalized spacial score (nSPS) is 10.2. The van der Waals surface area contributed by atoms with Crippen molar-refractivity contribution in [2.45, 2.75) is 12.5 Å². The molecule has 0 heterocycles. The van der Waals surface area contributed by atoms with E-state index in [-0.39, 0.29) is 26.4 Å². The van der Waals surface area contributed by atoms with Crippen LogP contribution in [0.25, 0.3) is 0 Å². The maximum Gasteiger partial charge on any atom is 0.405 e. The summed E-state index contributed by atoms with van der Waals surface area (Å²) in [6.07, 6.45) is 8.87. The van der Waals surface area contributed by atoms with E-state index in [1.54, 1.807) is 6.92 Å². The molecule has 16 heavy (non-hydrogen) atoms. The van der Waals surface area contributed by atoms with Crippen LogP contribution in [0.1, 0.15) is 6.92 Å². The highest BCUT2D eigenvalue weighted by molar-refractivity contribution is 5.65. The van der Waals surface area contributed by atoms with Crippen molar-refractivity contribution in [1.82, 2.24) is 5.32 Å². The lowest BCUT2D eigenvalue weighted by Crippen LogP contribution is -2.52. The lowest BCUT2D eigenvalue weighted by atomic mass is 10.1. The van der Waals surface area contributed by atoms with Crippen LogP contribution in [-0.4, -0.2) is 43.2 Å². The lowest BCUT2D eigenvalue weighted by Gasteiger charge is -2.28. The second kappa shape index (κ2) is 7.58. The first-order valence-electron chi connectivity index (χ1n) is 4.57. The van der Waals surface area contributed by atoms with Gasteiger partial charge in [0, 0.05) is 0 Å². The predicted octanol–water partition coefficient (Wildman–Crippen LogP) is 0.312. The van der Waals surface area contributed by atoms with Crippen LogP contribution in [0.2, 0.25) is 0 Å². The van der Waals surface area contributed by atoms with Crippen LogP contribution in [0.3, 0.4) is 0 Å². The highest BCUT2D eigenvalue weighted by Crippen LogP contribution is 2.05. The van der Waals surface area contributed by atoms with E-state index in [9.17, 15) is 4.79 Å². The van der Waals surface area contributed by atoms with Gasteiger partial charge in [-0.05, 0) is 6.92 Å². The van der Waals surface area contributed by atoms with Gasteiger partial charge in [0.15, 0.2) is 0 Å². The Morgan fingerprint density at radius 1 is 1.31 bits per heavy atom. The molecule has 0 rings (SSSR count). The van der Waals surface area contributed by atoms with E-state index in [0.717, 1.165) is 0 Å². The average molecular weight is 225 g/mol. The van der Waals surface area contributed by atoms with Gasteiger partial charge in [0.1, 0.15) is 13.2 Å². The summed E-state index contributed by atoms with van der Waals surface area (Å²) in [5, 5.41) is 11.0. The van der Waals surface area contributed by atoms with Gasteiger partial charge >= 0.3 is 6.09 Å². The molecule has 0 saturated carbocycles. The van der Waals surface area contributed by atoms with E-state index in [0.29, 0.717) is 0 Å². The van der Waals surface area contributed by atoms with Gasteiger partial charge in [-0.15, -0.1) is 12.8 Å². The molecule has 0 radical (unpaired) electrons. The van der Waals surface area contributed by atoms with Gasteiger partial charge in [0.2, 0.25) is 0 Å². The van der Waals surface area contributed by atoms with Crippen molar-refractivity contribution in [3.05, 3.63) is 0 Å². The first-order chi connectivity index (χ1) is 7.54. The second-order valence-electron chi connectivity index (χ2n) is 3.38. The molecular formula is C11H15NO4. The van der Waals surface area contributed by atoms with Gasteiger partial charge in [0.05, 0.1) is 18.8 Å². The van der Waals surface area contributed by atoms with Crippen LogP contribution in [-0.2, 0) is 9.47 Å². The van der Waals surface area contributed by atoms with Crippen molar-refractivity contribution in [3.63, 3.8) is 0 Å². The number of hydrogen-bond donors (Lipinski definition) is 2. The molecule has 0 aliphatic carbocycles. The molecule has 0 atom stereocenters. The van der Waals surface area contributed by atoms with Crippen LogP contribution in [0, 0.1) is 24.7 Å². The third kappa shape index (κ3) is 6.72. The lowest BCUT2D eigenvalue weighted by molar-refractivity contribution is 0.0333. The molecule has 0 bridgehead atoms. The average Bonchev–Trinajstić information content (AvgIpc) is 2.17. The van der Waals surface area contributed by atoms with Crippen molar-refractivity contribution >= 4 is 6.09 Å². The Kier molecular flexibility index (Phi) is 6.78. The number of nitrogens with one attached hydrogen (secondary N) is 1. The van der Waals surface area contributed by atoms with Gasteiger partial charge in [-0.25, -0.2) is 4.79 Å². The van der Waals surface area contributed by atoms with Crippen LogP contribution >= 0.6 is 0 Å². The highest BCUT2D eigenvalue weighted by atomic mass is 16.5. The number of hydrogen-bond acceptors (Lipinski definition) is 3. The Hall–Kier alpha value is -1.69. The summed E-state index contributed by atoms with van der Waals surface area (Å²) in [5.74, 6) is 4.58. The van der Waals surface area contributed by atoms with Gasteiger partial charge in [0.25, 0.3) is 0 Å². The summed E-state index contributed by atoms with van der Waals surface area (Å²) in [5.41, 5.74) is -0.862. The zero-order valence-electron chi connectivity index (χ0n) is 9.16. The summed E-state index contributed by atoms with van der Waals surface area (Å²) in [7, 11) is 0. The van der Waals surface area contributed by atoms with E-state index >= 15 is 0 Å². The zero-order valence-corrected chi connectivity index (χ0v) is 9.16. The van der Waals surface area contributed by atoms with Crippen LogP contribution in [0.15, 0.2) is 0 Å². The van der Waals surface area contributed by atoms with Gasteiger partial charge in [-0.2, -0.15) is 0 Å². The van der Waals surface area contributed by atoms with Crippen molar-refractivity contribution in [1.29, 1.82) is 0 Å². The summed E-state index contributed by atoms with van der Waals surface area (Å²) in [6, 6.07) is 0. The molecule has 5 nitrogen and oxygen atoms in total. The van der Waals surface area contributed by atoms with E-state index in [1.165, 1.54) is 0 Å². The maximum absolute atomic E-state index is 10.6. The Bertz CT molecular complexity index is 280. The standard InChI is InChI=1S/C11H15NO4/c1-4-6-15-8-11(3,12-10(13)14)9-16-7-5-2/h1-2,12H,6-9H2,3H3,(H,13,14). The van der Waals surface area contributed by atoms with E-state index in [4.69, 9.17) is 27.4 Å². The summed E-state index contributed by atoms with van der Waals surface area (Å²) >= 11 is 0. The van der Waals surface area contributed by atoms with E-state index in [2.05, 4.69) is 17.2 Å². The Morgan fingerprint density at radius 2 is 1.75 bits per heavy atom. The first kappa shape index (κ1) is 14.3. The van der Waals surface area contributed by atoms with Crippen molar-refractivity contribution < 1.29 is 19.4 Å². The van der Waals surface area contributed by atoms with Crippen molar-refractivity contribution in [2.75, 3.05) is 26.4 Å². The first-order valence-corrected chi connectivity index (χ1v) is 4.57. The minimum atomic E-state index is -1.16. The van der Waals surface area contributed by atoms with Crippen molar-refractivity contribution in [3.8, 4) is 24.7 Å². The molecule has 0 aromatic heterocycles. The van der Waals surface area contributed by atoms with Gasteiger partial charge in [-0.3, -0.25) is 0 Å². The molecule has 0 fully saturated rings. The maximum atomic E-state index is 10.6. The third-order valence-corrected chi connectivity index (χ3v) is 1.62. The number of carbonyl (C=O) groups is 1. The minimum absolute atomic E-state index is 0.117. The second-order valence-corrected chi connectivity index (χ2v) is 3.38. The fourth-order valence-electron chi connectivity index (χ4n) is 1.04. The monoisotopic (exact) mass is 225 g/mol. The Labute approximate surface area is 95.1 Å². The van der Waals surface area contributed by atoms with Crippen molar-refractivity contribution in [2.24, 2.45) is 0 Å². The molecule has 0 saturated heterocycles. The number of carboxylic acid groups (broad SMARTS) is 1. The topological polar surface area (TPSA) is 67.8 Å². The fraction of sp³-hybridized carbons (Fsp3) is 0.545. The number of ether oxygens (including phenoxy) is 2. The molecule has 1 amide bonds. The SMILES string of the molecule is C#CCOCC(C)(COCC#C)NC(=O)O. The Balaban J connectivity index is 4.20. The molecule has 5 heteroatoms. The summed E-state index contributed by atoms with van der Waals surface area (Å²) in [6.45, 7) is 2.12. The van der Waals surface area contributed by atoms with E-state index < -0.39 is 11.6 Å². The zero-order chi connectivity index (χ0) is 12.4. The molecule has 2 N–H and O–H groups in total.